The lowest BCUT2D eigenvalue weighted by Gasteiger charge is -2.19. The van der Waals surface area contributed by atoms with Crippen molar-refractivity contribution in [3.8, 4) is 23.0 Å². The standard InChI is InChI=1S/C40H51N5O8Si/c1-26-16-28-22-42-32-20-36(34(50-2)18-30(32)39(47)44(28)24-26)52-13-7-6-8-14-53-37-21-33-31(19-35(37)51-3)40(48)45-25-27(17-29(45)23-43-33)11-12-41-38(46)10-9-15-54(4,5)49/h18-25,28-29,49H,6-17H2,1-5H3,(H,41,46)/t28-,29-/m0/s1. The Labute approximate surface area is 317 Å². The number of hydrogen-bond donors (Lipinski definition) is 2. The van der Waals surface area contributed by atoms with Gasteiger partial charge in [-0.2, -0.15) is 0 Å². The molecular weight excluding hydrogens is 707 g/mol. The third kappa shape index (κ3) is 9.21. The van der Waals surface area contributed by atoms with E-state index in [-0.39, 0.29) is 29.8 Å². The Morgan fingerprint density at radius 3 is 1.93 bits per heavy atom. The molecule has 4 aliphatic rings. The molecule has 0 saturated heterocycles. The van der Waals surface area contributed by atoms with Gasteiger partial charge in [0.2, 0.25) is 5.91 Å². The van der Waals surface area contributed by atoms with E-state index >= 15 is 0 Å². The topological polar surface area (TPSA) is 152 Å². The highest BCUT2D eigenvalue weighted by Gasteiger charge is 2.34. The van der Waals surface area contributed by atoms with Crippen LogP contribution in [0, 0.1) is 0 Å². The first-order valence-electron chi connectivity index (χ1n) is 18.7. The number of hydrogen-bond acceptors (Lipinski definition) is 10. The van der Waals surface area contributed by atoms with Crippen molar-refractivity contribution in [2.24, 2.45) is 9.98 Å². The highest BCUT2D eigenvalue weighted by atomic mass is 28.4. The van der Waals surface area contributed by atoms with Crippen LogP contribution in [-0.2, 0) is 4.79 Å². The summed E-state index contributed by atoms with van der Waals surface area (Å²) in [6.07, 6.45) is 12.9. The Morgan fingerprint density at radius 1 is 0.815 bits per heavy atom. The molecule has 2 atom stereocenters. The van der Waals surface area contributed by atoms with Crippen molar-refractivity contribution in [2.75, 3.05) is 34.0 Å². The van der Waals surface area contributed by atoms with Gasteiger partial charge in [0, 0.05) is 49.9 Å². The van der Waals surface area contributed by atoms with Crippen LogP contribution in [0.1, 0.15) is 79.0 Å². The number of aliphatic imine (C=N–C) groups is 2. The summed E-state index contributed by atoms with van der Waals surface area (Å²) in [5.74, 6) is 1.73. The summed E-state index contributed by atoms with van der Waals surface area (Å²) in [5, 5.41) is 2.96. The van der Waals surface area contributed by atoms with Gasteiger partial charge in [-0.05, 0) is 88.7 Å². The smallest absolute Gasteiger partial charge is 0.260 e. The molecule has 3 amide bonds. The molecule has 0 radical (unpaired) electrons. The van der Waals surface area contributed by atoms with Crippen molar-refractivity contribution in [2.45, 2.75) is 89.5 Å². The first-order valence-corrected chi connectivity index (χ1v) is 21.9. The SMILES string of the molecule is COc1cc2c(cc1OCCCCCOc1cc3c(cc1OC)C(=O)N1C=C(CCNC(=O)CCC[Si](C)(C)O)C[C@H]1C=N3)N=C[C@@H]1CC(C)=CN1C2=O. The molecule has 0 aromatic heterocycles. The molecule has 0 fully saturated rings. The maximum Gasteiger partial charge on any atom is 0.260 e. The monoisotopic (exact) mass is 757 g/mol. The van der Waals surface area contributed by atoms with E-state index in [9.17, 15) is 19.2 Å². The van der Waals surface area contributed by atoms with Crippen molar-refractivity contribution in [1.82, 2.24) is 15.1 Å². The van der Waals surface area contributed by atoms with Gasteiger partial charge in [-0.25, -0.2) is 0 Å². The number of unbranched alkanes of at least 4 members (excludes halogenated alkanes) is 2. The number of benzene rings is 2. The fourth-order valence-corrected chi connectivity index (χ4v) is 8.09. The number of fused-ring (bicyclic) bond motifs is 4. The molecule has 0 unspecified atom stereocenters. The fraction of sp³-hybridized carbons (Fsp3) is 0.475. The van der Waals surface area contributed by atoms with E-state index in [1.807, 2.05) is 38.6 Å². The molecule has 2 aromatic rings. The number of rotatable bonds is 17. The summed E-state index contributed by atoms with van der Waals surface area (Å²) in [7, 11) is 0.965. The van der Waals surface area contributed by atoms with E-state index in [4.69, 9.17) is 18.9 Å². The van der Waals surface area contributed by atoms with E-state index in [1.54, 1.807) is 54.5 Å². The second-order valence-corrected chi connectivity index (χ2v) is 19.0. The van der Waals surface area contributed by atoms with Crippen LogP contribution in [0.4, 0.5) is 11.4 Å². The molecule has 14 heteroatoms. The Bertz CT molecular complexity index is 1880. The molecule has 2 aromatic carbocycles. The van der Waals surface area contributed by atoms with Crippen LogP contribution in [0.15, 0.2) is 57.8 Å². The third-order valence-electron chi connectivity index (χ3n) is 9.93. The molecule has 13 nitrogen and oxygen atoms in total. The van der Waals surface area contributed by atoms with E-state index in [0.717, 1.165) is 36.8 Å². The first-order chi connectivity index (χ1) is 25.9. The van der Waals surface area contributed by atoms with Crippen LogP contribution < -0.4 is 24.3 Å². The lowest BCUT2D eigenvalue weighted by atomic mass is 10.1. The van der Waals surface area contributed by atoms with Gasteiger partial charge in [-0.1, -0.05) is 5.57 Å². The number of amides is 3. The minimum atomic E-state index is -2.14. The molecule has 54 heavy (non-hydrogen) atoms. The number of nitrogens with one attached hydrogen (secondary N) is 1. The van der Waals surface area contributed by atoms with E-state index in [0.29, 0.717) is 97.0 Å². The first kappa shape index (κ1) is 38.8. The van der Waals surface area contributed by atoms with Crippen LogP contribution in [0.25, 0.3) is 0 Å². The highest BCUT2D eigenvalue weighted by molar-refractivity contribution is 6.69. The molecule has 288 valence electrons. The van der Waals surface area contributed by atoms with Crippen molar-refractivity contribution in [3.63, 3.8) is 0 Å². The number of methoxy groups -OCH3 is 2. The molecule has 4 aliphatic heterocycles. The summed E-state index contributed by atoms with van der Waals surface area (Å²) in [6, 6.07) is 7.36. The summed E-state index contributed by atoms with van der Waals surface area (Å²) >= 11 is 0. The summed E-state index contributed by atoms with van der Waals surface area (Å²) in [6.45, 7) is 7.16. The van der Waals surface area contributed by atoms with Crippen LogP contribution in [0.2, 0.25) is 19.1 Å². The molecule has 0 aliphatic carbocycles. The maximum atomic E-state index is 13.7. The van der Waals surface area contributed by atoms with Gasteiger partial charge in [0.25, 0.3) is 11.8 Å². The van der Waals surface area contributed by atoms with E-state index < -0.39 is 8.32 Å². The van der Waals surface area contributed by atoms with Gasteiger partial charge >= 0.3 is 0 Å². The Morgan fingerprint density at radius 2 is 1.37 bits per heavy atom. The summed E-state index contributed by atoms with van der Waals surface area (Å²) in [4.78, 5) is 61.8. The average molecular weight is 758 g/mol. The predicted molar refractivity (Wildman–Crippen MR) is 209 cm³/mol. The van der Waals surface area contributed by atoms with Gasteiger partial charge < -0.3 is 38.9 Å². The van der Waals surface area contributed by atoms with Gasteiger partial charge in [0.15, 0.2) is 31.3 Å². The Hall–Kier alpha value is -4.95. The summed E-state index contributed by atoms with van der Waals surface area (Å²) < 4.78 is 23.4. The zero-order valence-corrected chi connectivity index (χ0v) is 32.9. The number of carbonyl (C=O) groups excluding carboxylic acids is 3. The van der Waals surface area contributed by atoms with Gasteiger partial charge in [-0.3, -0.25) is 24.4 Å². The van der Waals surface area contributed by atoms with Gasteiger partial charge in [-0.15, -0.1) is 0 Å². The molecule has 0 spiro atoms. The highest BCUT2D eigenvalue weighted by Crippen LogP contribution is 2.40. The van der Waals surface area contributed by atoms with Crippen molar-refractivity contribution < 1.29 is 38.1 Å². The molecule has 0 saturated carbocycles. The zero-order chi connectivity index (χ0) is 38.4. The quantitative estimate of drug-likeness (QED) is 0.138. The van der Waals surface area contributed by atoms with Crippen LogP contribution in [0.5, 0.6) is 23.0 Å². The largest absolute Gasteiger partial charge is 0.493 e. The zero-order valence-electron chi connectivity index (χ0n) is 31.9. The van der Waals surface area contributed by atoms with Gasteiger partial charge in [0.1, 0.15) is 0 Å². The maximum absolute atomic E-state index is 13.7. The van der Waals surface area contributed by atoms with Crippen LogP contribution in [-0.4, -0.2) is 99.1 Å². The second-order valence-electron chi connectivity index (χ2n) is 14.9. The number of ether oxygens (including phenoxy) is 4. The Kier molecular flexibility index (Phi) is 12.2. The van der Waals surface area contributed by atoms with Crippen LogP contribution in [0.3, 0.4) is 0 Å². The Balaban J connectivity index is 0.966. The normalized spacial score (nSPS) is 18.6. The molecule has 6 rings (SSSR count). The molecular formula is C40H51N5O8Si. The van der Waals surface area contributed by atoms with Gasteiger partial charge in [0.05, 0.1) is 62.0 Å². The second kappa shape index (κ2) is 17.0. The van der Waals surface area contributed by atoms with Crippen molar-refractivity contribution in [1.29, 1.82) is 0 Å². The van der Waals surface area contributed by atoms with Crippen LogP contribution >= 0.6 is 0 Å². The average Bonchev–Trinajstić information content (AvgIpc) is 3.67. The van der Waals surface area contributed by atoms with E-state index in [1.165, 1.54) is 0 Å². The van der Waals surface area contributed by atoms with Crippen molar-refractivity contribution >= 4 is 49.8 Å². The lowest BCUT2D eigenvalue weighted by molar-refractivity contribution is -0.121. The summed E-state index contributed by atoms with van der Waals surface area (Å²) in [5.41, 5.74) is 4.24. The third-order valence-corrected chi connectivity index (χ3v) is 11.5. The van der Waals surface area contributed by atoms with Crippen molar-refractivity contribution in [3.05, 3.63) is 58.9 Å². The minimum Gasteiger partial charge on any atom is -0.493 e. The number of nitrogens with zero attached hydrogens (tertiary/aromatic N) is 4. The predicted octanol–water partition coefficient (Wildman–Crippen LogP) is 6.46. The number of carbonyl (C=O) groups is 3. The fourth-order valence-electron chi connectivity index (χ4n) is 7.05. The van der Waals surface area contributed by atoms with E-state index in [2.05, 4.69) is 15.3 Å². The molecule has 0 bridgehead atoms. The molecule has 4 heterocycles. The minimum absolute atomic E-state index is 0.0192. The molecule has 2 N–H and O–H groups in total. The lowest BCUT2D eigenvalue weighted by Crippen LogP contribution is -2.32.